The highest BCUT2D eigenvalue weighted by Gasteiger charge is 2.45. The lowest BCUT2D eigenvalue weighted by atomic mass is 9.90. The number of anilines is 1. The van der Waals surface area contributed by atoms with Crippen molar-refractivity contribution in [3.63, 3.8) is 0 Å². The fourth-order valence-electron chi connectivity index (χ4n) is 5.34. The van der Waals surface area contributed by atoms with Crippen molar-refractivity contribution >= 4 is 34.7 Å². The van der Waals surface area contributed by atoms with Crippen LogP contribution in [0.2, 0.25) is 0 Å². The average molecular weight is 552 g/mol. The molecule has 0 radical (unpaired) electrons. The molecule has 2 aromatic heterocycles. The molecule has 2 saturated heterocycles. The largest absolute Gasteiger partial charge is 0.416 e. The van der Waals surface area contributed by atoms with E-state index in [-0.39, 0.29) is 24.8 Å². The lowest BCUT2D eigenvalue weighted by molar-refractivity contribution is -0.149. The second-order valence-electron chi connectivity index (χ2n) is 9.88. The van der Waals surface area contributed by atoms with E-state index in [9.17, 15) is 18.0 Å². The van der Waals surface area contributed by atoms with Crippen LogP contribution < -0.4 is 5.73 Å². The number of hydrogen-bond donors (Lipinski definition) is 1. The van der Waals surface area contributed by atoms with Crippen LogP contribution in [-0.4, -0.2) is 73.3 Å². The van der Waals surface area contributed by atoms with Gasteiger partial charge in [0.05, 0.1) is 16.6 Å². The number of halogens is 4. The van der Waals surface area contributed by atoms with Crippen LogP contribution in [0.5, 0.6) is 0 Å². The molecule has 0 unspecified atom stereocenters. The van der Waals surface area contributed by atoms with Crippen LogP contribution >= 0.6 is 11.8 Å². The van der Waals surface area contributed by atoms with Crippen molar-refractivity contribution in [2.75, 3.05) is 38.2 Å². The molecule has 1 aromatic carbocycles. The predicted octanol–water partition coefficient (Wildman–Crippen LogP) is 4.32. The Morgan fingerprint density at radius 3 is 2.39 bits per heavy atom. The van der Waals surface area contributed by atoms with Gasteiger partial charge in [0, 0.05) is 69.6 Å². The normalized spacial score (nSPS) is 19.2. The van der Waals surface area contributed by atoms with E-state index >= 15 is 4.39 Å². The zero-order chi connectivity index (χ0) is 27.1. The number of carbonyl (C=O) groups excluding carboxylic acids is 1. The van der Waals surface area contributed by atoms with Gasteiger partial charge < -0.3 is 15.2 Å². The Morgan fingerprint density at radius 1 is 1.13 bits per heavy atom. The summed E-state index contributed by atoms with van der Waals surface area (Å²) in [6.07, 6.45) is 2.08. The number of nitrogen functional groups attached to an aromatic ring is 1. The van der Waals surface area contributed by atoms with Gasteiger partial charge in [0.25, 0.3) is 5.91 Å². The molecule has 2 aliphatic heterocycles. The first-order valence-corrected chi connectivity index (χ1v) is 13.7. The van der Waals surface area contributed by atoms with Gasteiger partial charge in [-0.25, -0.2) is 19.3 Å². The summed E-state index contributed by atoms with van der Waals surface area (Å²) in [7, 11) is 0. The standard InChI is InChI=1S/C25H29F4N7OS/c1-38-23-33-19-12-17(25(27,28)29)2-3-20(19)36(23)18-4-8-35(9-5-18)21(37)24(26)6-10-34(11-7-24)15-16-13-31-22(30)32-14-16/h2-3,12-14,18H,4-11,15H2,1H3,(H2,30,31,32). The summed E-state index contributed by atoms with van der Waals surface area (Å²) >= 11 is 1.37. The molecule has 4 heterocycles. The molecule has 5 rings (SSSR count). The number of likely N-dealkylation sites (tertiary alicyclic amines) is 2. The number of piperidine rings is 2. The number of carbonyl (C=O) groups is 1. The van der Waals surface area contributed by atoms with E-state index < -0.39 is 23.3 Å². The number of rotatable bonds is 5. The van der Waals surface area contributed by atoms with Gasteiger partial charge in [0.1, 0.15) is 0 Å². The molecule has 2 N–H and O–H groups in total. The van der Waals surface area contributed by atoms with Crippen LogP contribution in [0, 0.1) is 0 Å². The molecule has 38 heavy (non-hydrogen) atoms. The molecule has 0 aliphatic carbocycles. The summed E-state index contributed by atoms with van der Waals surface area (Å²) in [4.78, 5) is 29.3. The molecule has 204 valence electrons. The van der Waals surface area contributed by atoms with Gasteiger partial charge in [-0.15, -0.1) is 0 Å². The minimum atomic E-state index is -4.44. The van der Waals surface area contributed by atoms with Crippen molar-refractivity contribution in [1.82, 2.24) is 29.3 Å². The van der Waals surface area contributed by atoms with Gasteiger partial charge in [-0.3, -0.25) is 9.69 Å². The van der Waals surface area contributed by atoms with Crippen molar-refractivity contribution < 1.29 is 22.4 Å². The Hall–Kier alpha value is -2.93. The summed E-state index contributed by atoms with van der Waals surface area (Å²) in [5, 5.41) is 0.630. The molecular weight excluding hydrogens is 522 g/mol. The van der Waals surface area contributed by atoms with Crippen LogP contribution in [-0.2, 0) is 17.5 Å². The van der Waals surface area contributed by atoms with Crippen LogP contribution in [0.4, 0.5) is 23.5 Å². The fraction of sp³-hybridized carbons (Fsp3) is 0.520. The number of nitrogens with two attached hydrogens (primary N) is 1. The minimum Gasteiger partial charge on any atom is -0.368 e. The highest BCUT2D eigenvalue weighted by Crippen LogP contribution is 2.37. The fourth-order valence-corrected chi connectivity index (χ4v) is 5.98. The van der Waals surface area contributed by atoms with E-state index in [4.69, 9.17) is 5.73 Å². The second-order valence-corrected chi connectivity index (χ2v) is 10.7. The van der Waals surface area contributed by atoms with E-state index in [1.807, 2.05) is 10.8 Å². The summed E-state index contributed by atoms with van der Waals surface area (Å²) in [6, 6.07) is 3.57. The molecule has 0 bridgehead atoms. The van der Waals surface area contributed by atoms with Crippen LogP contribution in [0.25, 0.3) is 11.0 Å². The number of nitrogens with zero attached hydrogens (tertiary/aromatic N) is 6. The summed E-state index contributed by atoms with van der Waals surface area (Å²) < 4.78 is 57.3. The maximum atomic E-state index is 15.8. The SMILES string of the molecule is CSc1nc2cc(C(F)(F)F)ccc2n1C1CCN(C(=O)C2(F)CCN(Cc3cnc(N)nc3)CC2)CC1. The Kier molecular flexibility index (Phi) is 7.25. The number of aromatic nitrogens is 4. The van der Waals surface area contributed by atoms with E-state index in [0.29, 0.717) is 61.8 Å². The van der Waals surface area contributed by atoms with E-state index in [1.54, 1.807) is 17.3 Å². The summed E-state index contributed by atoms with van der Waals surface area (Å²) in [5.74, 6) is -0.271. The molecule has 0 spiro atoms. The Balaban J connectivity index is 1.21. The van der Waals surface area contributed by atoms with Gasteiger partial charge in [0.2, 0.25) is 5.95 Å². The van der Waals surface area contributed by atoms with Crippen LogP contribution in [0.3, 0.4) is 0 Å². The van der Waals surface area contributed by atoms with Crippen molar-refractivity contribution in [2.24, 2.45) is 0 Å². The van der Waals surface area contributed by atoms with E-state index in [2.05, 4.69) is 19.9 Å². The first-order chi connectivity index (χ1) is 18.1. The zero-order valence-electron chi connectivity index (χ0n) is 20.9. The predicted molar refractivity (Wildman–Crippen MR) is 136 cm³/mol. The number of amides is 1. The number of benzene rings is 1. The number of thioether (sulfide) groups is 1. The maximum absolute atomic E-state index is 15.8. The zero-order valence-corrected chi connectivity index (χ0v) is 21.7. The molecule has 0 saturated carbocycles. The topological polar surface area (TPSA) is 93.2 Å². The number of alkyl halides is 4. The van der Waals surface area contributed by atoms with Gasteiger partial charge in [-0.2, -0.15) is 13.2 Å². The molecule has 2 aliphatic rings. The molecule has 8 nitrogen and oxygen atoms in total. The number of imidazole rings is 1. The lowest BCUT2D eigenvalue weighted by Crippen LogP contribution is -2.53. The summed E-state index contributed by atoms with van der Waals surface area (Å²) in [6.45, 7) is 2.23. The molecular formula is C25H29F4N7OS. The van der Waals surface area contributed by atoms with Crippen molar-refractivity contribution in [1.29, 1.82) is 0 Å². The van der Waals surface area contributed by atoms with Gasteiger partial charge >= 0.3 is 6.18 Å². The Labute approximate surface area is 221 Å². The van der Waals surface area contributed by atoms with Gasteiger partial charge in [0.15, 0.2) is 10.8 Å². The lowest BCUT2D eigenvalue weighted by Gasteiger charge is -2.40. The third kappa shape index (κ3) is 5.31. The first kappa shape index (κ1) is 26.7. The van der Waals surface area contributed by atoms with Gasteiger partial charge in [-0.1, -0.05) is 11.8 Å². The highest BCUT2D eigenvalue weighted by atomic mass is 32.2. The third-order valence-corrected chi connectivity index (χ3v) is 8.10. The highest BCUT2D eigenvalue weighted by molar-refractivity contribution is 7.98. The molecule has 2 fully saturated rings. The van der Waals surface area contributed by atoms with Crippen molar-refractivity contribution in [3.8, 4) is 0 Å². The van der Waals surface area contributed by atoms with Crippen molar-refractivity contribution in [3.05, 3.63) is 41.7 Å². The molecule has 0 atom stereocenters. The molecule has 3 aromatic rings. The maximum Gasteiger partial charge on any atom is 0.416 e. The second kappa shape index (κ2) is 10.3. The van der Waals surface area contributed by atoms with Crippen LogP contribution in [0.15, 0.2) is 35.7 Å². The Morgan fingerprint density at radius 2 is 1.79 bits per heavy atom. The number of fused-ring (bicyclic) bond motifs is 1. The van der Waals surface area contributed by atoms with Crippen LogP contribution in [0.1, 0.15) is 42.9 Å². The molecule has 13 heteroatoms. The quantitative estimate of drug-likeness (QED) is 0.373. The smallest absolute Gasteiger partial charge is 0.368 e. The Bertz CT molecular complexity index is 1300. The number of hydrogen-bond acceptors (Lipinski definition) is 7. The monoisotopic (exact) mass is 551 g/mol. The third-order valence-electron chi connectivity index (χ3n) is 7.45. The van der Waals surface area contributed by atoms with Crippen molar-refractivity contribution in [2.45, 2.75) is 55.3 Å². The minimum absolute atomic E-state index is 0.0391. The summed E-state index contributed by atoms with van der Waals surface area (Å²) in [5.41, 5.74) is 4.70. The average Bonchev–Trinajstić information content (AvgIpc) is 3.28. The molecule has 1 amide bonds. The van der Waals surface area contributed by atoms with E-state index in [0.717, 1.165) is 17.7 Å². The van der Waals surface area contributed by atoms with E-state index in [1.165, 1.54) is 17.8 Å². The first-order valence-electron chi connectivity index (χ1n) is 12.5. The van der Waals surface area contributed by atoms with Gasteiger partial charge in [-0.05, 0) is 37.3 Å².